The van der Waals surface area contributed by atoms with E-state index in [4.69, 9.17) is 0 Å². The maximum Gasteiger partial charge on any atom is 0.226 e. The SMILES string of the molecule is CCN(CC1CCCCN1)C(=O)C1CCS(=O)(=O)C1. The lowest BCUT2D eigenvalue weighted by molar-refractivity contribution is -0.135. The number of likely N-dealkylation sites (N-methyl/N-ethyl adjacent to an activating group) is 1. The summed E-state index contributed by atoms with van der Waals surface area (Å²) in [4.78, 5) is 14.2. The fourth-order valence-electron chi connectivity index (χ4n) is 2.97. The molecule has 2 unspecified atom stereocenters. The summed E-state index contributed by atoms with van der Waals surface area (Å²) in [5, 5.41) is 3.43. The Morgan fingerprint density at radius 2 is 2.11 bits per heavy atom. The first-order valence-electron chi connectivity index (χ1n) is 7.24. The second kappa shape index (κ2) is 6.22. The Morgan fingerprint density at radius 3 is 2.63 bits per heavy atom. The monoisotopic (exact) mass is 288 g/mol. The second-order valence-corrected chi connectivity index (χ2v) is 7.85. The predicted molar refractivity (Wildman–Crippen MR) is 74.7 cm³/mol. The summed E-state index contributed by atoms with van der Waals surface area (Å²) in [5.41, 5.74) is 0. The summed E-state index contributed by atoms with van der Waals surface area (Å²) < 4.78 is 22.9. The van der Waals surface area contributed by atoms with Crippen molar-refractivity contribution in [1.82, 2.24) is 10.2 Å². The average molecular weight is 288 g/mol. The minimum atomic E-state index is -2.98. The third-order valence-electron chi connectivity index (χ3n) is 4.13. The molecule has 2 saturated heterocycles. The fourth-order valence-corrected chi connectivity index (χ4v) is 4.70. The third kappa shape index (κ3) is 3.92. The van der Waals surface area contributed by atoms with E-state index in [1.54, 1.807) is 0 Å². The topological polar surface area (TPSA) is 66.5 Å². The molecule has 19 heavy (non-hydrogen) atoms. The number of rotatable bonds is 4. The van der Waals surface area contributed by atoms with Crippen LogP contribution in [-0.2, 0) is 14.6 Å². The Balaban J connectivity index is 1.91. The van der Waals surface area contributed by atoms with E-state index in [1.807, 2.05) is 11.8 Å². The minimum absolute atomic E-state index is 0.0240. The molecule has 6 heteroatoms. The van der Waals surface area contributed by atoms with Gasteiger partial charge in [-0.3, -0.25) is 4.79 Å². The van der Waals surface area contributed by atoms with Gasteiger partial charge in [0.05, 0.1) is 17.4 Å². The van der Waals surface area contributed by atoms with Crippen molar-refractivity contribution in [2.75, 3.05) is 31.1 Å². The number of carbonyl (C=O) groups is 1. The lowest BCUT2D eigenvalue weighted by Crippen LogP contribution is -2.47. The van der Waals surface area contributed by atoms with Crippen LogP contribution in [0.2, 0.25) is 0 Å². The normalized spacial score (nSPS) is 30.2. The highest BCUT2D eigenvalue weighted by atomic mass is 32.2. The molecule has 1 N–H and O–H groups in total. The highest BCUT2D eigenvalue weighted by Crippen LogP contribution is 2.21. The van der Waals surface area contributed by atoms with E-state index in [-0.39, 0.29) is 23.3 Å². The molecule has 0 radical (unpaired) electrons. The van der Waals surface area contributed by atoms with E-state index >= 15 is 0 Å². The van der Waals surface area contributed by atoms with Crippen molar-refractivity contribution in [2.45, 2.75) is 38.6 Å². The number of sulfone groups is 1. The Morgan fingerprint density at radius 1 is 1.32 bits per heavy atom. The first-order valence-corrected chi connectivity index (χ1v) is 9.06. The van der Waals surface area contributed by atoms with Crippen LogP contribution >= 0.6 is 0 Å². The molecule has 2 aliphatic rings. The van der Waals surface area contributed by atoms with E-state index in [2.05, 4.69) is 5.32 Å². The molecule has 1 amide bonds. The van der Waals surface area contributed by atoms with E-state index in [0.717, 1.165) is 13.0 Å². The molecule has 2 rings (SSSR count). The highest BCUT2D eigenvalue weighted by molar-refractivity contribution is 7.91. The molecular formula is C13H24N2O3S. The van der Waals surface area contributed by atoms with Gasteiger partial charge in [0.25, 0.3) is 0 Å². The van der Waals surface area contributed by atoms with Crippen LogP contribution in [0.25, 0.3) is 0 Å². The van der Waals surface area contributed by atoms with Crippen LogP contribution in [0.15, 0.2) is 0 Å². The van der Waals surface area contributed by atoms with Crippen molar-refractivity contribution in [3.8, 4) is 0 Å². The minimum Gasteiger partial charge on any atom is -0.341 e. The first-order chi connectivity index (χ1) is 9.02. The van der Waals surface area contributed by atoms with Gasteiger partial charge < -0.3 is 10.2 Å². The molecule has 110 valence electrons. The maximum absolute atomic E-state index is 12.4. The molecule has 2 aliphatic heterocycles. The quantitative estimate of drug-likeness (QED) is 0.814. The highest BCUT2D eigenvalue weighted by Gasteiger charge is 2.35. The number of nitrogens with zero attached hydrogens (tertiary/aromatic N) is 1. The van der Waals surface area contributed by atoms with Gasteiger partial charge in [-0.15, -0.1) is 0 Å². The summed E-state index contributed by atoms with van der Waals surface area (Å²) in [7, 11) is -2.98. The molecule has 0 spiro atoms. The third-order valence-corrected chi connectivity index (χ3v) is 5.90. The zero-order valence-electron chi connectivity index (χ0n) is 11.6. The summed E-state index contributed by atoms with van der Waals surface area (Å²) in [6, 6.07) is 0.371. The van der Waals surface area contributed by atoms with Gasteiger partial charge >= 0.3 is 0 Å². The van der Waals surface area contributed by atoms with Crippen LogP contribution in [0, 0.1) is 5.92 Å². The summed E-state index contributed by atoms with van der Waals surface area (Å²) in [6.07, 6.45) is 4.02. The van der Waals surface area contributed by atoms with Crippen molar-refractivity contribution in [2.24, 2.45) is 5.92 Å². The van der Waals surface area contributed by atoms with Gasteiger partial charge in [0.1, 0.15) is 0 Å². The zero-order valence-corrected chi connectivity index (χ0v) is 12.4. The summed E-state index contributed by atoms with van der Waals surface area (Å²) in [6.45, 7) is 4.36. The molecule has 0 aliphatic carbocycles. The Bertz CT molecular complexity index is 416. The van der Waals surface area contributed by atoms with Gasteiger partial charge in [-0.2, -0.15) is 0 Å². The van der Waals surface area contributed by atoms with Crippen LogP contribution in [0.3, 0.4) is 0 Å². The van der Waals surface area contributed by atoms with Crippen LogP contribution < -0.4 is 5.32 Å². The zero-order chi connectivity index (χ0) is 13.9. The summed E-state index contributed by atoms with van der Waals surface area (Å²) in [5.74, 6) is -0.0761. The first kappa shape index (κ1) is 14.8. The van der Waals surface area contributed by atoms with Crippen LogP contribution in [0.4, 0.5) is 0 Å². The average Bonchev–Trinajstić information content (AvgIpc) is 2.77. The van der Waals surface area contributed by atoms with Crippen LogP contribution in [0.1, 0.15) is 32.6 Å². The Labute approximate surface area is 115 Å². The van der Waals surface area contributed by atoms with E-state index in [0.29, 0.717) is 25.6 Å². The molecular weight excluding hydrogens is 264 g/mol. The second-order valence-electron chi connectivity index (χ2n) is 5.62. The van der Waals surface area contributed by atoms with Crippen LogP contribution in [-0.4, -0.2) is 56.4 Å². The van der Waals surface area contributed by atoms with Crippen molar-refractivity contribution in [3.05, 3.63) is 0 Å². The number of hydrogen-bond donors (Lipinski definition) is 1. The number of nitrogens with one attached hydrogen (secondary N) is 1. The van der Waals surface area contributed by atoms with Crippen molar-refractivity contribution in [1.29, 1.82) is 0 Å². The molecule has 2 atom stereocenters. The molecule has 5 nitrogen and oxygen atoms in total. The lowest BCUT2D eigenvalue weighted by atomic mass is 10.0. The molecule has 2 fully saturated rings. The number of piperidine rings is 1. The van der Waals surface area contributed by atoms with E-state index < -0.39 is 9.84 Å². The van der Waals surface area contributed by atoms with Gasteiger partial charge in [0.2, 0.25) is 5.91 Å². The number of amides is 1. The van der Waals surface area contributed by atoms with E-state index in [9.17, 15) is 13.2 Å². The molecule has 0 saturated carbocycles. The summed E-state index contributed by atoms with van der Waals surface area (Å²) >= 11 is 0. The van der Waals surface area contributed by atoms with Gasteiger partial charge in [-0.1, -0.05) is 6.42 Å². The number of carbonyl (C=O) groups excluding carboxylic acids is 1. The molecule has 0 bridgehead atoms. The lowest BCUT2D eigenvalue weighted by Gasteiger charge is -2.31. The predicted octanol–water partition coefficient (Wildman–Crippen LogP) is 0.412. The molecule has 0 aromatic rings. The smallest absolute Gasteiger partial charge is 0.226 e. The van der Waals surface area contributed by atoms with E-state index in [1.165, 1.54) is 12.8 Å². The fraction of sp³-hybridized carbons (Fsp3) is 0.923. The molecule has 0 aromatic heterocycles. The Kier molecular flexibility index (Phi) is 4.84. The van der Waals surface area contributed by atoms with Gasteiger partial charge in [-0.05, 0) is 32.7 Å². The molecule has 2 heterocycles. The molecule has 0 aromatic carbocycles. The van der Waals surface area contributed by atoms with Gasteiger partial charge in [0, 0.05) is 19.1 Å². The Hall–Kier alpha value is -0.620. The number of hydrogen-bond acceptors (Lipinski definition) is 4. The standard InChI is InChI=1S/C13H24N2O3S/c1-2-15(9-12-5-3-4-7-14-12)13(16)11-6-8-19(17,18)10-11/h11-12,14H,2-10H2,1H3. The van der Waals surface area contributed by atoms with Crippen molar-refractivity contribution in [3.63, 3.8) is 0 Å². The largest absolute Gasteiger partial charge is 0.341 e. The van der Waals surface area contributed by atoms with Crippen molar-refractivity contribution < 1.29 is 13.2 Å². The maximum atomic E-state index is 12.4. The van der Waals surface area contributed by atoms with Crippen LogP contribution in [0.5, 0.6) is 0 Å². The van der Waals surface area contributed by atoms with Crippen molar-refractivity contribution >= 4 is 15.7 Å². The van der Waals surface area contributed by atoms with Gasteiger partial charge in [0.15, 0.2) is 9.84 Å². The van der Waals surface area contributed by atoms with Gasteiger partial charge in [-0.25, -0.2) is 8.42 Å².